The largest absolute Gasteiger partial charge is 0.324 e. The lowest BCUT2D eigenvalue weighted by Crippen LogP contribution is -1.97. The average Bonchev–Trinajstić information content (AvgIpc) is 2.55. The van der Waals surface area contributed by atoms with Crippen molar-refractivity contribution in [1.82, 2.24) is 9.97 Å². The highest BCUT2D eigenvalue weighted by Crippen LogP contribution is 2.28. The molecule has 2 aromatic heterocycles. The molecule has 1 N–H and O–H groups in total. The Balaban J connectivity index is 1.83. The first-order chi connectivity index (χ1) is 10.8. The fourth-order valence-corrected chi connectivity index (χ4v) is 3.11. The van der Waals surface area contributed by atoms with Crippen LogP contribution in [0.5, 0.6) is 0 Å². The van der Waals surface area contributed by atoms with E-state index in [4.69, 9.17) is 0 Å². The molecule has 0 radical (unpaired) electrons. The number of nitrogens with one attached hydrogen (secondary N) is 1. The number of hydrogen-bond acceptors (Lipinski definition) is 3. The van der Waals surface area contributed by atoms with Gasteiger partial charge in [0.2, 0.25) is 0 Å². The standard InChI is InChI=1S/C18H12BrN3/c19-17-14-7-3-2-6-13(14)11-16(21-17)22-18-15-8-4-1-5-12(15)9-10-20-18/h1-11H,(H,20,21,22). The van der Waals surface area contributed by atoms with Gasteiger partial charge in [-0.15, -0.1) is 0 Å². The van der Waals surface area contributed by atoms with Gasteiger partial charge in [-0.2, -0.15) is 0 Å². The predicted molar refractivity (Wildman–Crippen MR) is 94.5 cm³/mol. The van der Waals surface area contributed by atoms with Crippen LogP contribution < -0.4 is 5.32 Å². The second kappa shape index (κ2) is 5.39. The molecule has 4 aromatic rings. The van der Waals surface area contributed by atoms with Crippen molar-refractivity contribution in [2.45, 2.75) is 0 Å². The number of pyridine rings is 2. The highest BCUT2D eigenvalue weighted by molar-refractivity contribution is 9.10. The molecule has 106 valence electrons. The maximum absolute atomic E-state index is 4.57. The molecule has 4 rings (SSSR count). The first-order valence-electron chi connectivity index (χ1n) is 6.97. The second-order valence-corrected chi connectivity index (χ2v) is 5.78. The van der Waals surface area contributed by atoms with Gasteiger partial charge in [-0.25, -0.2) is 9.97 Å². The van der Waals surface area contributed by atoms with Crippen molar-refractivity contribution in [2.75, 3.05) is 5.32 Å². The number of hydrogen-bond donors (Lipinski definition) is 1. The summed E-state index contributed by atoms with van der Waals surface area (Å²) in [4.78, 5) is 9.01. The van der Waals surface area contributed by atoms with Crippen LogP contribution in [0.4, 0.5) is 11.6 Å². The van der Waals surface area contributed by atoms with E-state index in [1.54, 1.807) is 6.20 Å². The van der Waals surface area contributed by atoms with Crippen molar-refractivity contribution >= 4 is 49.1 Å². The molecule has 22 heavy (non-hydrogen) atoms. The SMILES string of the molecule is Brc1nc(Nc2nccc3ccccc23)cc2ccccc12. The van der Waals surface area contributed by atoms with E-state index in [1.165, 1.54) is 0 Å². The zero-order valence-electron chi connectivity index (χ0n) is 11.6. The van der Waals surface area contributed by atoms with Gasteiger partial charge in [0.15, 0.2) is 0 Å². The lowest BCUT2D eigenvalue weighted by Gasteiger charge is -2.10. The average molecular weight is 350 g/mol. The Morgan fingerprint density at radius 2 is 1.55 bits per heavy atom. The Labute approximate surface area is 136 Å². The van der Waals surface area contributed by atoms with E-state index in [0.717, 1.165) is 37.8 Å². The minimum atomic E-state index is 0.773. The summed E-state index contributed by atoms with van der Waals surface area (Å²) in [5.41, 5.74) is 0. The number of nitrogens with zero attached hydrogens (tertiary/aromatic N) is 2. The predicted octanol–water partition coefficient (Wildman–Crippen LogP) is 5.29. The molecule has 0 saturated heterocycles. The fraction of sp³-hybridized carbons (Fsp3) is 0. The van der Waals surface area contributed by atoms with Gasteiger partial charge in [0.05, 0.1) is 0 Å². The van der Waals surface area contributed by atoms with Crippen molar-refractivity contribution < 1.29 is 0 Å². The summed E-state index contributed by atoms with van der Waals surface area (Å²) in [6.07, 6.45) is 1.81. The van der Waals surface area contributed by atoms with Crippen molar-refractivity contribution in [3.05, 3.63) is 71.5 Å². The summed E-state index contributed by atoms with van der Waals surface area (Å²) < 4.78 is 0.827. The minimum absolute atomic E-state index is 0.773. The van der Waals surface area contributed by atoms with E-state index in [-0.39, 0.29) is 0 Å². The lowest BCUT2D eigenvalue weighted by atomic mass is 10.1. The van der Waals surface area contributed by atoms with Crippen LogP contribution in [0.25, 0.3) is 21.5 Å². The van der Waals surface area contributed by atoms with Crippen molar-refractivity contribution in [3.8, 4) is 0 Å². The van der Waals surface area contributed by atoms with Gasteiger partial charge in [-0.05, 0) is 38.8 Å². The van der Waals surface area contributed by atoms with Crippen molar-refractivity contribution in [2.24, 2.45) is 0 Å². The van der Waals surface area contributed by atoms with Crippen LogP contribution in [0.15, 0.2) is 71.5 Å². The van der Waals surface area contributed by atoms with E-state index in [9.17, 15) is 0 Å². The summed E-state index contributed by atoms with van der Waals surface area (Å²) in [6, 6.07) is 20.4. The topological polar surface area (TPSA) is 37.8 Å². The van der Waals surface area contributed by atoms with Gasteiger partial charge in [-0.1, -0.05) is 48.5 Å². The van der Waals surface area contributed by atoms with Crippen LogP contribution in [0.1, 0.15) is 0 Å². The van der Waals surface area contributed by atoms with Gasteiger partial charge in [-0.3, -0.25) is 0 Å². The summed E-state index contributed by atoms with van der Waals surface area (Å²) in [5, 5.41) is 7.79. The van der Waals surface area contributed by atoms with Gasteiger partial charge in [0, 0.05) is 17.0 Å². The molecule has 2 heterocycles. The third-order valence-corrected chi connectivity index (χ3v) is 4.22. The smallest absolute Gasteiger partial charge is 0.139 e. The third-order valence-electron chi connectivity index (χ3n) is 3.61. The van der Waals surface area contributed by atoms with Crippen LogP contribution in [-0.4, -0.2) is 9.97 Å². The molecular formula is C18H12BrN3. The number of anilines is 2. The molecule has 0 aliphatic heterocycles. The number of fused-ring (bicyclic) bond motifs is 2. The first-order valence-corrected chi connectivity index (χ1v) is 7.77. The molecule has 0 atom stereocenters. The van der Waals surface area contributed by atoms with E-state index >= 15 is 0 Å². The van der Waals surface area contributed by atoms with Crippen LogP contribution in [0.2, 0.25) is 0 Å². The van der Waals surface area contributed by atoms with Gasteiger partial charge < -0.3 is 5.32 Å². The number of halogens is 1. The Bertz CT molecular complexity index is 977. The Morgan fingerprint density at radius 1 is 0.818 bits per heavy atom. The molecule has 0 aliphatic carbocycles. The van der Waals surface area contributed by atoms with Crippen LogP contribution in [0, 0.1) is 0 Å². The maximum Gasteiger partial charge on any atom is 0.139 e. The molecule has 2 aromatic carbocycles. The summed E-state index contributed by atoms with van der Waals surface area (Å²) in [7, 11) is 0. The highest BCUT2D eigenvalue weighted by Gasteiger charge is 2.06. The van der Waals surface area contributed by atoms with Crippen molar-refractivity contribution in [1.29, 1.82) is 0 Å². The zero-order valence-corrected chi connectivity index (χ0v) is 13.2. The number of benzene rings is 2. The summed E-state index contributed by atoms with van der Waals surface area (Å²) >= 11 is 3.54. The van der Waals surface area contributed by atoms with E-state index in [2.05, 4.69) is 49.4 Å². The molecular weight excluding hydrogens is 338 g/mol. The third kappa shape index (κ3) is 2.31. The molecule has 0 spiro atoms. The minimum Gasteiger partial charge on any atom is -0.324 e. The van der Waals surface area contributed by atoms with Gasteiger partial charge in [0.25, 0.3) is 0 Å². The Hall–Kier alpha value is -2.46. The summed E-state index contributed by atoms with van der Waals surface area (Å²) in [5.74, 6) is 1.59. The fourth-order valence-electron chi connectivity index (χ4n) is 2.56. The molecule has 0 fully saturated rings. The monoisotopic (exact) mass is 349 g/mol. The maximum atomic E-state index is 4.57. The Kier molecular flexibility index (Phi) is 3.24. The quantitative estimate of drug-likeness (QED) is 0.499. The van der Waals surface area contributed by atoms with E-state index < -0.39 is 0 Å². The lowest BCUT2D eigenvalue weighted by molar-refractivity contribution is 1.26. The van der Waals surface area contributed by atoms with Crippen LogP contribution in [0.3, 0.4) is 0 Å². The highest BCUT2D eigenvalue weighted by atomic mass is 79.9. The first kappa shape index (κ1) is 13.2. The summed E-state index contributed by atoms with van der Waals surface area (Å²) in [6.45, 7) is 0. The number of rotatable bonds is 2. The number of aromatic nitrogens is 2. The molecule has 4 heteroatoms. The molecule has 0 bridgehead atoms. The normalized spacial score (nSPS) is 11.0. The van der Waals surface area contributed by atoms with Crippen LogP contribution in [-0.2, 0) is 0 Å². The van der Waals surface area contributed by atoms with Gasteiger partial charge >= 0.3 is 0 Å². The molecule has 0 saturated carbocycles. The second-order valence-electron chi connectivity index (χ2n) is 5.03. The van der Waals surface area contributed by atoms with Crippen molar-refractivity contribution in [3.63, 3.8) is 0 Å². The van der Waals surface area contributed by atoms with Gasteiger partial charge in [0.1, 0.15) is 16.2 Å². The van der Waals surface area contributed by atoms with Crippen LogP contribution >= 0.6 is 15.9 Å². The molecule has 0 unspecified atom stereocenters. The Morgan fingerprint density at radius 3 is 2.41 bits per heavy atom. The molecule has 0 amide bonds. The molecule has 3 nitrogen and oxygen atoms in total. The van der Waals surface area contributed by atoms with E-state index in [1.807, 2.05) is 42.5 Å². The molecule has 0 aliphatic rings. The zero-order chi connectivity index (χ0) is 14.9. The van der Waals surface area contributed by atoms with E-state index in [0.29, 0.717) is 0 Å².